The molecule has 2 aromatic heterocycles. The molecule has 0 saturated heterocycles. The maximum Gasteiger partial charge on any atom is 0.573 e. The smallest absolute Gasteiger partial charge is 0.481 e. The molecule has 0 aliphatic heterocycles. The number of alkyl halides is 3. The van der Waals surface area contributed by atoms with Crippen LogP contribution in [0.2, 0.25) is 0 Å². The molecule has 0 atom stereocenters. The van der Waals surface area contributed by atoms with Crippen LogP contribution in [0.25, 0.3) is 11.3 Å². The SMILES string of the molecule is O=C(O)CCN(Cc1cccs1)c1nc(-c2ccc(OC(F)(F)F)cc2)cs1. The second-order valence-corrected chi connectivity index (χ2v) is 7.60. The zero-order valence-corrected chi connectivity index (χ0v) is 16.0. The number of hydrogen-bond donors (Lipinski definition) is 1. The van der Waals surface area contributed by atoms with E-state index in [9.17, 15) is 18.0 Å². The number of hydrogen-bond acceptors (Lipinski definition) is 6. The number of halogens is 3. The standard InChI is InChI=1S/C18H15F3N2O3S2/c19-18(20,21)26-13-5-3-12(4-6-13)15-11-28-17(22-15)23(8-7-16(24)25)10-14-2-1-9-27-14/h1-6,9,11H,7-8,10H2,(H,24,25). The van der Waals surface area contributed by atoms with E-state index in [0.717, 1.165) is 4.88 Å². The van der Waals surface area contributed by atoms with Crippen LogP contribution in [0, 0.1) is 0 Å². The monoisotopic (exact) mass is 428 g/mol. The maximum absolute atomic E-state index is 12.3. The van der Waals surface area contributed by atoms with Crippen LogP contribution in [-0.4, -0.2) is 29.0 Å². The Morgan fingerprint density at radius 1 is 1.18 bits per heavy atom. The Hall–Kier alpha value is -2.59. The van der Waals surface area contributed by atoms with E-state index < -0.39 is 12.3 Å². The lowest BCUT2D eigenvalue weighted by Gasteiger charge is -2.20. The van der Waals surface area contributed by atoms with Crippen molar-refractivity contribution in [2.75, 3.05) is 11.4 Å². The molecule has 0 amide bonds. The number of thiophene rings is 1. The minimum absolute atomic E-state index is 0.0240. The second-order valence-electron chi connectivity index (χ2n) is 5.73. The summed E-state index contributed by atoms with van der Waals surface area (Å²) < 4.78 is 40.7. The fourth-order valence-corrected chi connectivity index (χ4v) is 4.01. The van der Waals surface area contributed by atoms with Crippen LogP contribution in [-0.2, 0) is 11.3 Å². The van der Waals surface area contributed by atoms with E-state index in [1.807, 2.05) is 22.4 Å². The first kappa shape index (κ1) is 20.2. The normalized spacial score (nSPS) is 11.4. The molecule has 0 saturated carbocycles. The van der Waals surface area contributed by atoms with E-state index in [1.165, 1.54) is 35.6 Å². The van der Waals surface area contributed by atoms with Crippen molar-refractivity contribution in [3.05, 3.63) is 52.0 Å². The van der Waals surface area contributed by atoms with Gasteiger partial charge >= 0.3 is 12.3 Å². The molecule has 2 heterocycles. The van der Waals surface area contributed by atoms with E-state index in [4.69, 9.17) is 5.11 Å². The molecular formula is C18H15F3N2O3S2. The molecule has 28 heavy (non-hydrogen) atoms. The van der Waals surface area contributed by atoms with E-state index in [0.29, 0.717) is 29.5 Å². The van der Waals surface area contributed by atoms with E-state index in [-0.39, 0.29) is 12.2 Å². The molecule has 0 aliphatic rings. The molecule has 5 nitrogen and oxygen atoms in total. The molecule has 3 aromatic rings. The number of aliphatic carboxylic acids is 1. The molecule has 0 bridgehead atoms. The number of ether oxygens (including phenoxy) is 1. The Labute approximate surface area is 166 Å². The Kier molecular flexibility index (Phi) is 6.20. The zero-order valence-electron chi connectivity index (χ0n) is 14.3. The predicted molar refractivity (Wildman–Crippen MR) is 102 cm³/mol. The third-order valence-electron chi connectivity index (χ3n) is 3.67. The summed E-state index contributed by atoms with van der Waals surface area (Å²) in [5, 5.41) is 13.4. The Morgan fingerprint density at radius 3 is 2.54 bits per heavy atom. The number of thiazole rings is 1. The van der Waals surface area contributed by atoms with Gasteiger partial charge in [-0.05, 0) is 35.7 Å². The average molecular weight is 428 g/mol. The number of benzene rings is 1. The highest BCUT2D eigenvalue weighted by atomic mass is 32.1. The number of rotatable bonds is 8. The number of anilines is 1. The van der Waals surface area contributed by atoms with Gasteiger partial charge in [0.1, 0.15) is 5.75 Å². The quantitative estimate of drug-likeness (QED) is 0.531. The van der Waals surface area contributed by atoms with Crippen LogP contribution in [0.15, 0.2) is 47.2 Å². The van der Waals surface area contributed by atoms with Crippen LogP contribution in [0.4, 0.5) is 18.3 Å². The third kappa shape index (κ3) is 5.70. The van der Waals surface area contributed by atoms with Gasteiger partial charge in [-0.1, -0.05) is 6.07 Å². The largest absolute Gasteiger partial charge is 0.573 e. The summed E-state index contributed by atoms with van der Waals surface area (Å²) in [5.74, 6) is -1.19. The topological polar surface area (TPSA) is 62.7 Å². The number of carboxylic acids is 1. The number of carbonyl (C=O) groups is 1. The molecule has 1 aromatic carbocycles. The van der Waals surface area contributed by atoms with Crippen molar-refractivity contribution in [1.82, 2.24) is 4.98 Å². The molecular weight excluding hydrogens is 413 g/mol. The van der Waals surface area contributed by atoms with Gasteiger partial charge in [0.2, 0.25) is 0 Å². The van der Waals surface area contributed by atoms with Crippen LogP contribution >= 0.6 is 22.7 Å². The van der Waals surface area contributed by atoms with Gasteiger partial charge in [0.25, 0.3) is 0 Å². The highest BCUT2D eigenvalue weighted by Crippen LogP contribution is 2.31. The van der Waals surface area contributed by atoms with Crippen LogP contribution < -0.4 is 9.64 Å². The first-order valence-corrected chi connectivity index (χ1v) is 9.87. The van der Waals surface area contributed by atoms with Crippen molar-refractivity contribution in [1.29, 1.82) is 0 Å². The summed E-state index contributed by atoms with van der Waals surface area (Å²) >= 11 is 2.93. The van der Waals surface area contributed by atoms with Crippen molar-refractivity contribution >= 4 is 33.8 Å². The molecule has 0 fully saturated rings. The first-order chi connectivity index (χ1) is 13.3. The molecule has 0 aliphatic carbocycles. The molecule has 0 spiro atoms. The number of nitrogens with zero attached hydrogens (tertiary/aromatic N) is 2. The number of carboxylic acid groups (broad SMARTS) is 1. The van der Waals surface area contributed by atoms with E-state index >= 15 is 0 Å². The van der Waals surface area contributed by atoms with Gasteiger partial charge < -0.3 is 14.7 Å². The highest BCUT2D eigenvalue weighted by Gasteiger charge is 2.31. The molecule has 3 rings (SSSR count). The Bertz CT molecular complexity index is 909. The van der Waals surface area contributed by atoms with Gasteiger partial charge in [-0.15, -0.1) is 35.8 Å². The lowest BCUT2D eigenvalue weighted by Crippen LogP contribution is -2.25. The lowest BCUT2D eigenvalue weighted by molar-refractivity contribution is -0.274. The predicted octanol–water partition coefficient (Wildman–Crippen LogP) is 5.25. The minimum atomic E-state index is -4.73. The van der Waals surface area contributed by atoms with Gasteiger partial charge in [0.15, 0.2) is 5.13 Å². The minimum Gasteiger partial charge on any atom is -0.481 e. The van der Waals surface area contributed by atoms with Crippen molar-refractivity contribution < 1.29 is 27.8 Å². The van der Waals surface area contributed by atoms with Gasteiger partial charge in [-0.25, -0.2) is 4.98 Å². The summed E-state index contributed by atoms with van der Waals surface area (Å²) in [5.41, 5.74) is 1.25. The molecule has 0 unspecified atom stereocenters. The van der Waals surface area contributed by atoms with Crippen LogP contribution in [0.3, 0.4) is 0 Å². The maximum atomic E-state index is 12.3. The summed E-state index contributed by atoms with van der Waals surface area (Å²) in [4.78, 5) is 18.5. The highest BCUT2D eigenvalue weighted by molar-refractivity contribution is 7.14. The van der Waals surface area contributed by atoms with Crippen molar-refractivity contribution in [3.63, 3.8) is 0 Å². The Morgan fingerprint density at radius 2 is 1.93 bits per heavy atom. The molecule has 0 radical (unpaired) electrons. The van der Waals surface area contributed by atoms with E-state index in [1.54, 1.807) is 16.7 Å². The first-order valence-electron chi connectivity index (χ1n) is 8.11. The Balaban J connectivity index is 1.76. The fraction of sp³-hybridized carbons (Fsp3) is 0.222. The van der Waals surface area contributed by atoms with Gasteiger partial charge in [0.05, 0.1) is 18.7 Å². The van der Waals surface area contributed by atoms with Gasteiger partial charge in [0, 0.05) is 22.4 Å². The summed E-state index contributed by atoms with van der Waals surface area (Å²) in [6.07, 6.45) is -4.76. The fourth-order valence-electron chi connectivity index (χ4n) is 2.43. The lowest BCUT2D eigenvalue weighted by atomic mass is 10.2. The zero-order chi connectivity index (χ0) is 20.1. The second kappa shape index (κ2) is 8.61. The molecule has 148 valence electrons. The number of aromatic nitrogens is 1. The van der Waals surface area contributed by atoms with E-state index in [2.05, 4.69) is 9.72 Å². The summed E-state index contributed by atoms with van der Waals surface area (Å²) in [7, 11) is 0. The van der Waals surface area contributed by atoms with Crippen molar-refractivity contribution in [2.24, 2.45) is 0 Å². The van der Waals surface area contributed by atoms with Crippen molar-refractivity contribution in [2.45, 2.75) is 19.3 Å². The van der Waals surface area contributed by atoms with Gasteiger partial charge in [-0.2, -0.15) is 0 Å². The van der Waals surface area contributed by atoms with Crippen molar-refractivity contribution in [3.8, 4) is 17.0 Å². The average Bonchev–Trinajstić information content (AvgIpc) is 3.29. The van der Waals surface area contributed by atoms with Crippen LogP contribution in [0.5, 0.6) is 5.75 Å². The molecule has 1 N–H and O–H groups in total. The summed E-state index contributed by atoms with van der Waals surface area (Å²) in [6.45, 7) is 0.842. The van der Waals surface area contributed by atoms with Gasteiger partial charge in [-0.3, -0.25) is 4.79 Å². The van der Waals surface area contributed by atoms with Crippen LogP contribution in [0.1, 0.15) is 11.3 Å². The summed E-state index contributed by atoms with van der Waals surface area (Å²) in [6, 6.07) is 9.35. The molecule has 10 heteroatoms. The third-order valence-corrected chi connectivity index (χ3v) is 5.43.